The number of amides is 3. The SMILES string of the molecule is C=CC(=O)Nc1ccccc1Nc1ncc2c(n1)N(CC(F)F)C(=O)N(c1cc(OC)cc(OC)c1)C2. The van der Waals surface area contributed by atoms with Gasteiger partial charge in [0, 0.05) is 30.0 Å². The fourth-order valence-electron chi connectivity index (χ4n) is 3.74. The van der Waals surface area contributed by atoms with Gasteiger partial charge in [0.2, 0.25) is 11.9 Å². The van der Waals surface area contributed by atoms with Crippen molar-refractivity contribution in [3.63, 3.8) is 0 Å². The third kappa shape index (κ3) is 5.58. The van der Waals surface area contributed by atoms with Gasteiger partial charge in [-0.2, -0.15) is 4.98 Å². The number of hydrogen-bond donors (Lipinski definition) is 2. The molecule has 2 aromatic carbocycles. The molecule has 10 nitrogen and oxygen atoms in total. The first kappa shape index (κ1) is 25.4. The van der Waals surface area contributed by atoms with Crippen LogP contribution in [0.5, 0.6) is 11.5 Å². The molecular formula is C25H24F2N6O4. The van der Waals surface area contributed by atoms with E-state index >= 15 is 0 Å². The maximum absolute atomic E-state index is 13.5. The van der Waals surface area contributed by atoms with Gasteiger partial charge in [-0.1, -0.05) is 18.7 Å². The Morgan fingerprint density at radius 1 is 1.16 bits per heavy atom. The van der Waals surface area contributed by atoms with E-state index in [0.717, 1.165) is 11.0 Å². The number of benzene rings is 2. The van der Waals surface area contributed by atoms with Crippen molar-refractivity contribution in [3.05, 3.63) is 66.9 Å². The minimum absolute atomic E-state index is 0.0382. The van der Waals surface area contributed by atoms with E-state index in [2.05, 4.69) is 27.2 Å². The first-order valence-electron chi connectivity index (χ1n) is 11.1. The highest BCUT2D eigenvalue weighted by Gasteiger charge is 2.35. The molecule has 12 heteroatoms. The van der Waals surface area contributed by atoms with Crippen molar-refractivity contribution < 1.29 is 27.8 Å². The summed E-state index contributed by atoms with van der Waals surface area (Å²) in [6.07, 6.45) is -0.216. The summed E-state index contributed by atoms with van der Waals surface area (Å²) in [5, 5.41) is 5.63. The molecule has 37 heavy (non-hydrogen) atoms. The highest BCUT2D eigenvalue weighted by molar-refractivity contribution is 6.06. The number of hydrogen-bond acceptors (Lipinski definition) is 7. The van der Waals surface area contributed by atoms with Crippen molar-refractivity contribution >= 4 is 40.8 Å². The third-order valence-corrected chi connectivity index (χ3v) is 5.47. The molecule has 3 amide bonds. The fourth-order valence-corrected chi connectivity index (χ4v) is 3.74. The summed E-state index contributed by atoms with van der Waals surface area (Å²) in [6.45, 7) is 2.60. The number of carbonyl (C=O) groups excluding carboxylic acids is 2. The normalized spacial score (nSPS) is 12.7. The first-order valence-corrected chi connectivity index (χ1v) is 11.1. The minimum atomic E-state index is -2.81. The number of alkyl halides is 2. The number of urea groups is 1. The van der Waals surface area contributed by atoms with Crippen molar-refractivity contribution in [3.8, 4) is 11.5 Å². The Labute approximate surface area is 211 Å². The van der Waals surface area contributed by atoms with Crippen LogP contribution in [0.3, 0.4) is 0 Å². The maximum Gasteiger partial charge on any atom is 0.330 e. The number of nitrogens with zero attached hydrogens (tertiary/aromatic N) is 4. The van der Waals surface area contributed by atoms with E-state index in [1.54, 1.807) is 42.5 Å². The smallest absolute Gasteiger partial charge is 0.330 e. The molecule has 3 aromatic rings. The average molecular weight is 511 g/mol. The van der Waals surface area contributed by atoms with Crippen LogP contribution in [0.4, 0.5) is 42.4 Å². The van der Waals surface area contributed by atoms with Crippen molar-refractivity contribution in [1.29, 1.82) is 0 Å². The summed E-state index contributed by atoms with van der Waals surface area (Å²) in [7, 11) is 2.94. The molecule has 0 aliphatic carbocycles. The van der Waals surface area contributed by atoms with Crippen LogP contribution in [0.15, 0.2) is 61.3 Å². The number of carbonyl (C=O) groups is 2. The number of aromatic nitrogens is 2. The monoisotopic (exact) mass is 510 g/mol. The largest absolute Gasteiger partial charge is 0.497 e. The van der Waals surface area contributed by atoms with Gasteiger partial charge in [0.1, 0.15) is 17.3 Å². The maximum atomic E-state index is 13.5. The number of nitrogens with one attached hydrogen (secondary N) is 2. The lowest BCUT2D eigenvalue weighted by molar-refractivity contribution is -0.111. The van der Waals surface area contributed by atoms with E-state index in [1.165, 1.54) is 25.3 Å². The number of methoxy groups -OCH3 is 2. The Balaban J connectivity index is 1.70. The molecule has 0 saturated carbocycles. The first-order chi connectivity index (χ1) is 17.8. The molecule has 1 aliphatic rings. The quantitative estimate of drug-likeness (QED) is 0.406. The predicted octanol–water partition coefficient (Wildman–Crippen LogP) is 4.57. The molecular weight excluding hydrogens is 486 g/mol. The van der Waals surface area contributed by atoms with E-state index in [9.17, 15) is 18.4 Å². The van der Waals surface area contributed by atoms with E-state index < -0.39 is 24.9 Å². The number of ether oxygens (including phenoxy) is 2. The highest BCUT2D eigenvalue weighted by atomic mass is 19.3. The van der Waals surface area contributed by atoms with Crippen molar-refractivity contribution in [2.24, 2.45) is 0 Å². The molecule has 0 saturated heterocycles. The molecule has 4 rings (SSSR count). The van der Waals surface area contributed by atoms with Crippen LogP contribution in [0.25, 0.3) is 0 Å². The zero-order valence-corrected chi connectivity index (χ0v) is 20.1. The Kier molecular flexibility index (Phi) is 7.47. The second-order valence-electron chi connectivity index (χ2n) is 7.85. The second kappa shape index (κ2) is 10.9. The van der Waals surface area contributed by atoms with Gasteiger partial charge < -0.3 is 20.1 Å². The zero-order chi connectivity index (χ0) is 26.5. The molecule has 0 spiro atoms. The molecule has 0 radical (unpaired) electrons. The van der Waals surface area contributed by atoms with E-state index in [-0.39, 0.29) is 18.3 Å². The number of para-hydroxylation sites is 2. The van der Waals surface area contributed by atoms with Crippen LogP contribution in [0.2, 0.25) is 0 Å². The van der Waals surface area contributed by atoms with Crippen LogP contribution in [0, 0.1) is 0 Å². The van der Waals surface area contributed by atoms with Gasteiger partial charge in [0.25, 0.3) is 6.43 Å². The Hall–Kier alpha value is -4.74. The zero-order valence-electron chi connectivity index (χ0n) is 20.1. The minimum Gasteiger partial charge on any atom is -0.497 e. The molecule has 0 unspecified atom stereocenters. The molecule has 1 aliphatic heterocycles. The lowest BCUT2D eigenvalue weighted by Gasteiger charge is -2.36. The summed E-state index contributed by atoms with van der Waals surface area (Å²) >= 11 is 0. The lowest BCUT2D eigenvalue weighted by atomic mass is 10.1. The average Bonchev–Trinajstić information content (AvgIpc) is 2.90. The standard InChI is InChI=1S/C25H24F2N6O4/c1-4-22(34)29-19-7-5-6-8-20(19)30-24-28-12-15-13-32(16-9-17(36-2)11-18(10-16)37-3)25(35)33(14-21(26)27)23(15)31-24/h4-12,21H,1,13-14H2,2-3H3,(H,29,34)(H,28,30,31). The van der Waals surface area contributed by atoms with Gasteiger partial charge in [-0.15, -0.1) is 0 Å². The van der Waals surface area contributed by atoms with Gasteiger partial charge in [-0.05, 0) is 18.2 Å². The Morgan fingerprint density at radius 3 is 2.46 bits per heavy atom. The van der Waals surface area contributed by atoms with Crippen LogP contribution in [-0.4, -0.2) is 49.1 Å². The van der Waals surface area contributed by atoms with Crippen LogP contribution in [0.1, 0.15) is 5.56 Å². The van der Waals surface area contributed by atoms with Crippen molar-refractivity contribution in [2.75, 3.05) is 41.2 Å². The van der Waals surface area contributed by atoms with Gasteiger partial charge >= 0.3 is 6.03 Å². The third-order valence-electron chi connectivity index (χ3n) is 5.47. The van der Waals surface area contributed by atoms with Gasteiger partial charge in [0.05, 0.1) is 44.4 Å². The van der Waals surface area contributed by atoms with Crippen molar-refractivity contribution in [1.82, 2.24) is 9.97 Å². The van der Waals surface area contributed by atoms with E-state index in [0.29, 0.717) is 34.1 Å². The van der Waals surface area contributed by atoms with Crippen LogP contribution < -0.4 is 29.9 Å². The number of fused-ring (bicyclic) bond motifs is 1. The molecule has 2 heterocycles. The topological polar surface area (TPSA) is 109 Å². The molecule has 192 valence electrons. The lowest BCUT2D eigenvalue weighted by Crippen LogP contribution is -2.49. The van der Waals surface area contributed by atoms with Crippen LogP contribution in [-0.2, 0) is 11.3 Å². The van der Waals surface area contributed by atoms with E-state index in [4.69, 9.17) is 9.47 Å². The number of halogens is 2. The Bertz CT molecular complexity index is 1310. The second-order valence-corrected chi connectivity index (χ2v) is 7.85. The summed E-state index contributed by atoms with van der Waals surface area (Å²) in [4.78, 5) is 36.1. The predicted molar refractivity (Wildman–Crippen MR) is 135 cm³/mol. The van der Waals surface area contributed by atoms with Gasteiger partial charge in [-0.3, -0.25) is 14.6 Å². The van der Waals surface area contributed by atoms with Gasteiger partial charge in [-0.25, -0.2) is 18.6 Å². The van der Waals surface area contributed by atoms with E-state index in [1.807, 2.05) is 0 Å². The molecule has 0 bridgehead atoms. The summed E-state index contributed by atoms with van der Waals surface area (Å²) in [5.74, 6) is 0.574. The molecule has 0 fully saturated rings. The van der Waals surface area contributed by atoms with Gasteiger partial charge in [0.15, 0.2) is 0 Å². The summed E-state index contributed by atoms with van der Waals surface area (Å²) < 4.78 is 37.7. The van der Waals surface area contributed by atoms with Crippen LogP contribution >= 0.6 is 0 Å². The number of anilines is 5. The Morgan fingerprint density at radius 2 is 1.84 bits per heavy atom. The van der Waals surface area contributed by atoms with Crippen molar-refractivity contribution in [2.45, 2.75) is 13.0 Å². The molecule has 0 atom stereocenters. The summed E-state index contributed by atoms with van der Waals surface area (Å²) in [6, 6.07) is 11.0. The fraction of sp³-hybridized carbons (Fsp3) is 0.200. The highest BCUT2D eigenvalue weighted by Crippen LogP contribution is 2.35. The summed E-state index contributed by atoms with van der Waals surface area (Å²) in [5.41, 5.74) is 1.76. The number of rotatable bonds is 9. The molecule has 2 N–H and O–H groups in total. The molecule has 1 aromatic heterocycles.